The number of amides is 1. The van der Waals surface area contributed by atoms with E-state index < -0.39 is 18.0 Å². The number of carbonyl (C=O) groups is 2. The first-order valence-electron chi connectivity index (χ1n) is 8.18. The van der Waals surface area contributed by atoms with Gasteiger partial charge in [-0.1, -0.05) is 12.1 Å². The Hall–Kier alpha value is -3.33. The van der Waals surface area contributed by atoms with E-state index in [1.54, 1.807) is 48.5 Å². The third-order valence-electron chi connectivity index (χ3n) is 3.42. The van der Waals surface area contributed by atoms with E-state index in [2.05, 4.69) is 5.32 Å². The number of esters is 1. The highest BCUT2D eigenvalue weighted by Gasteiger charge is 2.20. The Bertz CT molecular complexity index is 822. The SMILES string of the molecule is CC(C)Oc1ccc(C(=O)O[C@@H](C)C(=O)Nc2ccccc2C#N)cc1. The van der Waals surface area contributed by atoms with Gasteiger partial charge < -0.3 is 14.8 Å². The lowest BCUT2D eigenvalue weighted by Crippen LogP contribution is -2.30. The van der Waals surface area contributed by atoms with E-state index in [1.807, 2.05) is 19.9 Å². The molecule has 0 bridgehead atoms. The number of para-hydroxylation sites is 1. The molecule has 0 radical (unpaired) electrons. The minimum Gasteiger partial charge on any atom is -0.491 e. The summed E-state index contributed by atoms with van der Waals surface area (Å²) in [5.41, 5.74) is 1.02. The standard InChI is InChI=1S/C20H20N2O4/c1-13(2)25-17-10-8-15(9-11-17)20(24)26-14(3)19(23)22-18-7-5-4-6-16(18)12-21/h4-11,13-14H,1-3H3,(H,22,23)/t14-/m0/s1. The van der Waals surface area contributed by atoms with E-state index in [4.69, 9.17) is 14.7 Å². The third kappa shape index (κ3) is 5.08. The summed E-state index contributed by atoms with van der Waals surface area (Å²) >= 11 is 0. The molecule has 0 unspecified atom stereocenters. The highest BCUT2D eigenvalue weighted by Crippen LogP contribution is 2.16. The fourth-order valence-electron chi connectivity index (χ4n) is 2.15. The molecular formula is C20H20N2O4. The van der Waals surface area contributed by atoms with E-state index in [-0.39, 0.29) is 6.10 Å². The summed E-state index contributed by atoms with van der Waals surface area (Å²) in [6.45, 7) is 5.29. The number of rotatable bonds is 6. The number of anilines is 1. The maximum absolute atomic E-state index is 12.2. The predicted octanol–water partition coefficient (Wildman–Crippen LogP) is 3.53. The minimum absolute atomic E-state index is 0.0350. The number of hydrogen-bond acceptors (Lipinski definition) is 5. The normalized spacial score (nSPS) is 11.3. The summed E-state index contributed by atoms with van der Waals surface area (Å²) in [5.74, 6) is -0.478. The number of nitriles is 1. The van der Waals surface area contributed by atoms with Crippen LogP contribution in [-0.2, 0) is 9.53 Å². The van der Waals surface area contributed by atoms with Gasteiger partial charge in [-0.25, -0.2) is 4.79 Å². The average Bonchev–Trinajstić information content (AvgIpc) is 2.62. The summed E-state index contributed by atoms with van der Waals surface area (Å²) in [5, 5.41) is 11.6. The molecule has 0 saturated carbocycles. The van der Waals surface area contributed by atoms with Crippen LogP contribution in [0.1, 0.15) is 36.7 Å². The Morgan fingerprint density at radius 3 is 2.31 bits per heavy atom. The van der Waals surface area contributed by atoms with Gasteiger partial charge in [-0.05, 0) is 57.2 Å². The molecule has 2 aromatic carbocycles. The molecular weight excluding hydrogens is 332 g/mol. The van der Waals surface area contributed by atoms with Crippen molar-refractivity contribution in [2.24, 2.45) is 0 Å². The van der Waals surface area contributed by atoms with Gasteiger partial charge in [0.1, 0.15) is 11.8 Å². The van der Waals surface area contributed by atoms with Gasteiger partial charge in [0.2, 0.25) is 0 Å². The zero-order valence-corrected chi connectivity index (χ0v) is 14.9. The minimum atomic E-state index is -1.01. The van der Waals surface area contributed by atoms with Gasteiger partial charge in [-0.15, -0.1) is 0 Å². The molecule has 2 aromatic rings. The van der Waals surface area contributed by atoms with Crippen molar-refractivity contribution in [2.75, 3.05) is 5.32 Å². The van der Waals surface area contributed by atoms with Gasteiger partial charge >= 0.3 is 5.97 Å². The molecule has 1 N–H and O–H groups in total. The van der Waals surface area contributed by atoms with Crippen LogP contribution >= 0.6 is 0 Å². The third-order valence-corrected chi connectivity index (χ3v) is 3.42. The molecule has 0 heterocycles. The first kappa shape index (κ1) is 19.0. The Labute approximate surface area is 152 Å². The van der Waals surface area contributed by atoms with Gasteiger partial charge in [-0.2, -0.15) is 5.26 Å². The topological polar surface area (TPSA) is 88.4 Å². The Kier molecular flexibility index (Phi) is 6.34. The zero-order valence-electron chi connectivity index (χ0n) is 14.9. The number of hydrogen-bond donors (Lipinski definition) is 1. The largest absolute Gasteiger partial charge is 0.491 e. The molecule has 0 aromatic heterocycles. The molecule has 1 atom stereocenters. The molecule has 134 valence electrons. The van der Waals surface area contributed by atoms with Gasteiger partial charge in [0, 0.05) is 0 Å². The smallest absolute Gasteiger partial charge is 0.338 e. The molecule has 2 rings (SSSR count). The van der Waals surface area contributed by atoms with Crippen molar-refractivity contribution in [2.45, 2.75) is 33.0 Å². The van der Waals surface area contributed by atoms with Crippen LogP contribution in [0.5, 0.6) is 5.75 Å². The van der Waals surface area contributed by atoms with Crippen LogP contribution in [0.2, 0.25) is 0 Å². The Morgan fingerprint density at radius 2 is 1.69 bits per heavy atom. The molecule has 6 heteroatoms. The number of nitrogens with zero attached hydrogens (tertiary/aromatic N) is 1. The molecule has 1 amide bonds. The second-order valence-corrected chi connectivity index (χ2v) is 5.89. The predicted molar refractivity (Wildman–Crippen MR) is 96.9 cm³/mol. The summed E-state index contributed by atoms with van der Waals surface area (Å²) in [6.07, 6.45) is -0.978. The van der Waals surface area contributed by atoms with Gasteiger partial charge in [-0.3, -0.25) is 4.79 Å². The molecule has 0 fully saturated rings. The summed E-state index contributed by atoms with van der Waals surface area (Å²) < 4.78 is 10.7. The lowest BCUT2D eigenvalue weighted by molar-refractivity contribution is -0.123. The van der Waals surface area contributed by atoms with E-state index in [0.717, 1.165) is 0 Å². The van der Waals surface area contributed by atoms with Crippen molar-refractivity contribution in [3.05, 3.63) is 59.7 Å². The van der Waals surface area contributed by atoms with Gasteiger partial charge in [0.25, 0.3) is 5.91 Å². The molecule has 0 spiro atoms. The van der Waals surface area contributed by atoms with Crippen molar-refractivity contribution in [1.29, 1.82) is 5.26 Å². The summed E-state index contributed by atoms with van der Waals surface area (Å²) in [6, 6.07) is 15.1. The number of benzene rings is 2. The quantitative estimate of drug-likeness (QED) is 0.804. The number of ether oxygens (including phenoxy) is 2. The van der Waals surface area contributed by atoms with Crippen molar-refractivity contribution < 1.29 is 19.1 Å². The lowest BCUT2D eigenvalue weighted by Gasteiger charge is -2.14. The Morgan fingerprint density at radius 1 is 1.04 bits per heavy atom. The molecule has 0 aliphatic carbocycles. The van der Waals surface area contributed by atoms with E-state index in [0.29, 0.717) is 22.6 Å². The molecule has 26 heavy (non-hydrogen) atoms. The van der Waals surface area contributed by atoms with Crippen LogP contribution in [0.15, 0.2) is 48.5 Å². The Balaban J connectivity index is 1.97. The van der Waals surface area contributed by atoms with Gasteiger partial charge in [0.05, 0.1) is 22.9 Å². The maximum Gasteiger partial charge on any atom is 0.338 e. The van der Waals surface area contributed by atoms with Crippen LogP contribution in [0.3, 0.4) is 0 Å². The molecule has 0 aliphatic rings. The van der Waals surface area contributed by atoms with Crippen LogP contribution in [0, 0.1) is 11.3 Å². The molecule has 0 aliphatic heterocycles. The van der Waals surface area contributed by atoms with Crippen molar-refractivity contribution in [1.82, 2.24) is 0 Å². The highest BCUT2D eigenvalue weighted by atomic mass is 16.5. The first-order valence-corrected chi connectivity index (χ1v) is 8.18. The van der Waals surface area contributed by atoms with Crippen LogP contribution in [0.4, 0.5) is 5.69 Å². The fourth-order valence-corrected chi connectivity index (χ4v) is 2.15. The van der Waals surface area contributed by atoms with Gasteiger partial charge in [0.15, 0.2) is 6.10 Å². The van der Waals surface area contributed by atoms with Crippen LogP contribution in [0.25, 0.3) is 0 Å². The summed E-state index contributed by atoms with van der Waals surface area (Å²) in [4.78, 5) is 24.4. The van der Waals surface area contributed by atoms with Crippen LogP contribution in [-0.4, -0.2) is 24.1 Å². The molecule has 0 saturated heterocycles. The lowest BCUT2D eigenvalue weighted by atomic mass is 10.2. The number of nitrogens with one attached hydrogen (secondary N) is 1. The van der Waals surface area contributed by atoms with Crippen molar-refractivity contribution >= 4 is 17.6 Å². The van der Waals surface area contributed by atoms with Crippen molar-refractivity contribution in [3.8, 4) is 11.8 Å². The first-order chi connectivity index (χ1) is 12.4. The monoisotopic (exact) mass is 352 g/mol. The summed E-state index contributed by atoms with van der Waals surface area (Å²) in [7, 11) is 0. The fraction of sp³-hybridized carbons (Fsp3) is 0.250. The number of carbonyl (C=O) groups excluding carboxylic acids is 2. The highest BCUT2D eigenvalue weighted by molar-refractivity contribution is 5.98. The second-order valence-electron chi connectivity index (χ2n) is 5.89. The van der Waals surface area contributed by atoms with Crippen LogP contribution < -0.4 is 10.1 Å². The zero-order chi connectivity index (χ0) is 19.1. The maximum atomic E-state index is 12.2. The van der Waals surface area contributed by atoms with E-state index in [9.17, 15) is 9.59 Å². The van der Waals surface area contributed by atoms with E-state index >= 15 is 0 Å². The average molecular weight is 352 g/mol. The molecule has 6 nitrogen and oxygen atoms in total. The second kappa shape index (κ2) is 8.67. The van der Waals surface area contributed by atoms with Crippen molar-refractivity contribution in [3.63, 3.8) is 0 Å². The van der Waals surface area contributed by atoms with E-state index in [1.165, 1.54) is 6.92 Å².